The third-order valence-electron chi connectivity index (χ3n) is 7.14. The average Bonchev–Trinajstić information content (AvgIpc) is 3.15. The number of ether oxygens (including phenoxy) is 1. The normalized spacial score (nSPS) is 13.9. The van der Waals surface area contributed by atoms with Gasteiger partial charge in [-0.1, -0.05) is 33.8 Å². The number of carboxylic acids is 1. The molecular formula is C29H28Br2O6. The molecule has 0 bridgehead atoms. The van der Waals surface area contributed by atoms with E-state index in [9.17, 15) is 24.9 Å². The molecule has 0 aliphatic carbocycles. The first-order chi connectivity index (χ1) is 17.6. The van der Waals surface area contributed by atoms with Crippen LogP contribution in [-0.2, 0) is 36.0 Å². The van der Waals surface area contributed by atoms with E-state index in [0.29, 0.717) is 62.4 Å². The van der Waals surface area contributed by atoms with Crippen LogP contribution in [-0.4, -0.2) is 27.3 Å². The summed E-state index contributed by atoms with van der Waals surface area (Å²) in [5.41, 5.74) is 3.40. The van der Waals surface area contributed by atoms with Crippen LogP contribution in [0.4, 0.5) is 0 Å². The van der Waals surface area contributed by atoms with Gasteiger partial charge in [0.15, 0.2) is 5.60 Å². The molecule has 194 valence electrons. The van der Waals surface area contributed by atoms with E-state index in [2.05, 4.69) is 31.9 Å². The van der Waals surface area contributed by atoms with Crippen molar-refractivity contribution in [1.82, 2.24) is 0 Å². The Morgan fingerprint density at radius 2 is 1.32 bits per heavy atom. The highest BCUT2D eigenvalue weighted by atomic mass is 79.9. The van der Waals surface area contributed by atoms with Crippen molar-refractivity contribution in [1.29, 1.82) is 0 Å². The number of halogens is 2. The number of carbonyl (C=O) groups excluding carboxylic acids is 1. The molecule has 0 fully saturated rings. The number of phenols is 2. The van der Waals surface area contributed by atoms with Crippen LogP contribution in [0.2, 0.25) is 0 Å². The summed E-state index contributed by atoms with van der Waals surface area (Å²) in [5, 5.41) is 31.2. The summed E-state index contributed by atoms with van der Waals surface area (Å²) in [4.78, 5) is 25.3. The van der Waals surface area contributed by atoms with Crippen molar-refractivity contribution >= 4 is 43.8 Å². The number of carboxylic acid groups (broad SMARTS) is 1. The topological polar surface area (TPSA) is 104 Å². The van der Waals surface area contributed by atoms with Crippen molar-refractivity contribution in [2.24, 2.45) is 0 Å². The Bertz CT molecular complexity index is 1380. The number of aromatic hydroxyl groups is 2. The molecule has 0 spiro atoms. The van der Waals surface area contributed by atoms with Gasteiger partial charge in [0, 0.05) is 36.8 Å². The van der Waals surface area contributed by atoms with Crippen molar-refractivity contribution in [2.45, 2.75) is 59.0 Å². The monoisotopic (exact) mass is 630 g/mol. The van der Waals surface area contributed by atoms with Gasteiger partial charge in [0.1, 0.15) is 11.5 Å². The van der Waals surface area contributed by atoms with Crippen LogP contribution in [0, 0.1) is 0 Å². The SMILES string of the molecule is CCc1cc(O)c(CC)c(Br)c1C1(c2c(CC)cc(O)c(CC)c2Br)OC(=O)c2cc(C(=O)O)ccc21. The van der Waals surface area contributed by atoms with E-state index < -0.39 is 17.5 Å². The molecule has 0 saturated carbocycles. The summed E-state index contributed by atoms with van der Waals surface area (Å²) in [7, 11) is 0. The number of esters is 1. The quantitative estimate of drug-likeness (QED) is 0.242. The van der Waals surface area contributed by atoms with Gasteiger partial charge in [0.2, 0.25) is 0 Å². The molecule has 6 nitrogen and oxygen atoms in total. The highest BCUT2D eigenvalue weighted by Crippen LogP contribution is 2.56. The summed E-state index contributed by atoms with van der Waals surface area (Å²) >= 11 is 7.49. The molecule has 37 heavy (non-hydrogen) atoms. The maximum absolute atomic E-state index is 13.5. The van der Waals surface area contributed by atoms with Gasteiger partial charge in [-0.15, -0.1) is 0 Å². The molecule has 0 amide bonds. The Morgan fingerprint density at radius 1 is 0.838 bits per heavy atom. The van der Waals surface area contributed by atoms with Crippen LogP contribution in [0.15, 0.2) is 39.3 Å². The molecule has 0 unspecified atom stereocenters. The lowest BCUT2D eigenvalue weighted by atomic mass is 9.74. The first-order valence-corrected chi connectivity index (χ1v) is 13.8. The van der Waals surface area contributed by atoms with Gasteiger partial charge in [-0.3, -0.25) is 0 Å². The Hall–Kier alpha value is -2.84. The van der Waals surface area contributed by atoms with Crippen molar-refractivity contribution in [3.05, 3.63) is 89.3 Å². The van der Waals surface area contributed by atoms with Crippen LogP contribution >= 0.6 is 31.9 Å². The molecule has 0 saturated heterocycles. The average molecular weight is 632 g/mol. The molecule has 0 atom stereocenters. The molecular weight excluding hydrogens is 604 g/mol. The van der Waals surface area contributed by atoms with E-state index in [1.165, 1.54) is 12.1 Å². The summed E-state index contributed by atoms with van der Waals surface area (Å²) in [6.07, 6.45) is 2.11. The number of hydrogen-bond acceptors (Lipinski definition) is 5. The Morgan fingerprint density at radius 3 is 1.73 bits per heavy atom. The fourth-order valence-corrected chi connectivity index (χ4v) is 7.38. The van der Waals surface area contributed by atoms with Crippen LogP contribution in [0.5, 0.6) is 11.5 Å². The number of hydrogen-bond donors (Lipinski definition) is 3. The number of carbonyl (C=O) groups is 2. The minimum absolute atomic E-state index is 0.0176. The van der Waals surface area contributed by atoms with Gasteiger partial charge < -0.3 is 20.1 Å². The highest BCUT2D eigenvalue weighted by molar-refractivity contribution is 9.11. The number of phenolic OH excluding ortho intramolecular Hbond substituents is 2. The highest BCUT2D eigenvalue weighted by Gasteiger charge is 2.53. The second-order valence-electron chi connectivity index (χ2n) is 9.00. The van der Waals surface area contributed by atoms with Crippen molar-refractivity contribution in [2.75, 3.05) is 0 Å². The molecule has 3 aromatic carbocycles. The smallest absolute Gasteiger partial charge is 0.340 e. The van der Waals surface area contributed by atoms with Gasteiger partial charge in [-0.05, 0) is 92.9 Å². The van der Waals surface area contributed by atoms with Gasteiger partial charge in [-0.2, -0.15) is 0 Å². The first-order valence-electron chi connectivity index (χ1n) is 12.3. The van der Waals surface area contributed by atoms with Gasteiger partial charge >= 0.3 is 11.9 Å². The molecule has 3 N–H and O–H groups in total. The van der Waals surface area contributed by atoms with Crippen LogP contribution in [0.3, 0.4) is 0 Å². The Labute approximate surface area is 232 Å². The Balaban J connectivity index is 2.28. The lowest BCUT2D eigenvalue weighted by Gasteiger charge is -2.36. The number of benzene rings is 3. The van der Waals surface area contributed by atoms with E-state index in [4.69, 9.17) is 4.74 Å². The standard InChI is InChI=1S/C29H28Br2O6/c1-5-14-12-21(32)17(7-3)25(30)23(14)29(24-15(6-2)13-22(33)18(8-4)26(24)31)20-10-9-16(27(34)35)11-19(20)28(36)37-29/h9-13,32-33H,5-8H2,1-4H3,(H,34,35). The van der Waals surface area contributed by atoms with E-state index in [-0.39, 0.29) is 22.6 Å². The minimum atomic E-state index is -1.47. The predicted molar refractivity (Wildman–Crippen MR) is 148 cm³/mol. The molecule has 3 aromatic rings. The van der Waals surface area contributed by atoms with E-state index in [1.807, 2.05) is 27.7 Å². The number of rotatable bonds is 7. The zero-order valence-corrected chi connectivity index (χ0v) is 24.2. The maximum atomic E-state index is 13.5. The zero-order valence-electron chi connectivity index (χ0n) is 21.0. The van der Waals surface area contributed by atoms with Crippen molar-refractivity contribution in [3.63, 3.8) is 0 Å². The third kappa shape index (κ3) is 4.05. The van der Waals surface area contributed by atoms with Crippen molar-refractivity contribution in [3.8, 4) is 11.5 Å². The van der Waals surface area contributed by atoms with E-state index >= 15 is 0 Å². The number of fused-ring (bicyclic) bond motifs is 1. The third-order valence-corrected chi connectivity index (χ3v) is 8.89. The summed E-state index contributed by atoms with van der Waals surface area (Å²) in [6.45, 7) is 7.77. The van der Waals surface area contributed by atoms with Gasteiger partial charge in [0.25, 0.3) is 0 Å². The lowest BCUT2D eigenvalue weighted by molar-refractivity contribution is 0.0242. The molecule has 1 heterocycles. The maximum Gasteiger partial charge on any atom is 0.340 e. The van der Waals surface area contributed by atoms with E-state index in [0.717, 1.165) is 11.1 Å². The molecule has 8 heteroatoms. The fourth-order valence-electron chi connectivity index (χ4n) is 5.35. The molecule has 1 aliphatic heterocycles. The second-order valence-corrected chi connectivity index (χ2v) is 10.6. The van der Waals surface area contributed by atoms with Crippen LogP contribution < -0.4 is 0 Å². The molecule has 0 radical (unpaired) electrons. The fraction of sp³-hybridized carbons (Fsp3) is 0.310. The van der Waals surface area contributed by atoms with Crippen LogP contribution in [0.25, 0.3) is 0 Å². The summed E-state index contributed by atoms with van der Waals surface area (Å²) in [6, 6.07) is 7.87. The molecule has 0 aromatic heterocycles. The largest absolute Gasteiger partial charge is 0.508 e. The minimum Gasteiger partial charge on any atom is -0.508 e. The van der Waals surface area contributed by atoms with Gasteiger partial charge in [-0.25, -0.2) is 9.59 Å². The van der Waals surface area contributed by atoms with Crippen LogP contribution in [0.1, 0.15) is 87.4 Å². The predicted octanol–water partition coefficient (Wildman–Crippen LogP) is 7.03. The van der Waals surface area contributed by atoms with E-state index in [1.54, 1.807) is 18.2 Å². The summed E-state index contributed by atoms with van der Waals surface area (Å²) in [5.74, 6) is -1.50. The zero-order chi connectivity index (χ0) is 27.2. The second kappa shape index (κ2) is 10.1. The number of aromatic carboxylic acids is 1. The lowest BCUT2D eigenvalue weighted by Crippen LogP contribution is -2.34. The molecule has 4 rings (SSSR count). The Kier molecular flexibility index (Phi) is 7.45. The molecule has 1 aliphatic rings. The first kappa shape index (κ1) is 27.2. The van der Waals surface area contributed by atoms with Gasteiger partial charge in [0.05, 0.1) is 11.1 Å². The number of cyclic esters (lactones) is 1. The summed E-state index contributed by atoms with van der Waals surface area (Å²) < 4.78 is 7.64. The van der Waals surface area contributed by atoms with Crippen molar-refractivity contribution < 1.29 is 29.6 Å². The number of aryl methyl sites for hydroxylation is 2.